The summed E-state index contributed by atoms with van der Waals surface area (Å²) in [4.78, 5) is 26.9. The summed E-state index contributed by atoms with van der Waals surface area (Å²) in [7, 11) is -3.03. The molecule has 0 N–H and O–H groups in total. The monoisotopic (exact) mass is 485 g/mol. The van der Waals surface area contributed by atoms with Crippen LogP contribution < -0.4 is 14.9 Å². The maximum Gasteiger partial charge on any atom is 0.338 e. The predicted molar refractivity (Wildman–Crippen MR) is 123 cm³/mol. The Balaban J connectivity index is 1.40. The van der Waals surface area contributed by atoms with E-state index in [-0.39, 0.29) is 42.1 Å². The molecule has 5 rings (SSSR count). The molecule has 3 aromatic rings. The van der Waals surface area contributed by atoms with Crippen LogP contribution in [0.2, 0.25) is 0 Å². The van der Waals surface area contributed by atoms with Gasteiger partial charge in [0.2, 0.25) is 11.2 Å². The number of rotatable bonds is 5. The van der Waals surface area contributed by atoms with Crippen LogP contribution in [-0.2, 0) is 21.1 Å². The fourth-order valence-electron chi connectivity index (χ4n) is 4.28. The Morgan fingerprint density at radius 2 is 1.97 bits per heavy atom. The number of carbonyl (C=O) groups is 1. The van der Waals surface area contributed by atoms with Gasteiger partial charge in [-0.1, -0.05) is 0 Å². The van der Waals surface area contributed by atoms with Crippen LogP contribution in [0.1, 0.15) is 29.3 Å². The molecule has 0 amide bonds. The second-order valence-electron chi connectivity index (χ2n) is 8.27. The van der Waals surface area contributed by atoms with Crippen molar-refractivity contribution in [3.63, 3.8) is 0 Å². The molecule has 3 heterocycles. The zero-order valence-electron chi connectivity index (χ0n) is 18.5. The number of sulfone groups is 1. The maximum absolute atomic E-state index is 13.1. The van der Waals surface area contributed by atoms with Crippen molar-refractivity contribution in [1.29, 1.82) is 0 Å². The molecule has 0 unspecified atom stereocenters. The lowest BCUT2D eigenvalue weighted by Gasteiger charge is -2.33. The standard InChI is InChI=1S/C24H23NO8S/c1-2-30-24(27)15-3-5-17(6-4-15)33-21-12-31-23-18(22(21)26)7-8-20-19(23)11-25(14-32-20)16-9-10-34(28,29)13-16/h3-8,12,16H,2,9-11,13-14H2,1H3/t16-/m0/s1. The van der Waals surface area contributed by atoms with Gasteiger partial charge in [0, 0.05) is 12.6 Å². The minimum Gasteiger partial charge on any atom is -0.478 e. The van der Waals surface area contributed by atoms with E-state index in [9.17, 15) is 18.0 Å². The average molecular weight is 486 g/mol. The first-order chi connectivity index (χ1) is 16.3. The van der Waals surface area contributed by atoms with E-state index in [1.54, 1.807) is 43.3 Å². The van der Waals surface area contributed by atoms with Crippen molar-refractivity contribution in [1.82, 2.24) is 4.90 Å². The largest absolute Gasteiger partial charge is 0.478 e. The molecular formula is C24H23NO8S. The summed E-state index contributed by atoms with van der Waals surface area (Å²) < 4.78 is 46.1. The number of benzene rings is 2. The smallest absolute Gasteiger partial charge is 0.338 e. The van der Waals surface area contributed by atoms with Crippen molar-refractivity contribution in [3.05, 3.63) is 64.0 Å². The van der Waals surface area contributed by atoms with E-state index in [0.29, 0.717) is 46.6 Å². The molecule has 0 spiro atoms. The van der Waals surface area contributed by atoms with Crippen molar-refractivity contribution < 1.29 is 31.8 Å². The summed E-state index contributed by atoms with van der Waals surface area (Å²) in [6.07, 6.45) is 1.81. The Hall–Kier alpha value is -3.37. The Bertz CT molecular complexity index is 1410. The summed E-state index contributed by atoms with van der Waals surface area (Å²) in [6.45, 7) is 2.72. The van der Waals surface area contributed by atoms with Gasteiger partial charge in [0.05, 0.1) is 34.6 Å². The Labute approximate surface area is 195 Å². The van der Waals surface area contributed by atoms with Gasteiger partial charge >= 0.3 is 5.97 Å². The van der Waals surface area contributed by atoms with Crippen LogP contribution in [0.3, 0.4) is 0 Å². The quantitative estimate of drug-likeness (QED) is 0.503. The maximum atomic E-state index is 13.1. The topological polar surface area (TPSA) is 112 Å². The van der Waals surface area contributed by atoms with E-state index >= 15 is 0 Å². The summed E-state index contributed by atoms with van der Waals surface area (Å²) in [5.41, 5.74) is 1.12. The number of fused-ring (bicyclic) bond motifs is 3. The Kier molecular flexibility index (Phi) is 5.78. The van der Waals surface area contributed by atoms with Crippen LogP contribution >= 0.6 is 0 Å². The van der Waals surface area contributed by atoms with Gasteiger partial charge < -0.3 is 18.6 Å². The van der Waals surface area contributed by atoms with Gasteiger partial charge in [-0.15, -0.1) is 0 Å². The molecule has 10 heteroatoms. The molecular weight excluding hydrogens is 462 g/mol. The number of hydrogen-bond donors (Lipinski definition) is 0. The third-order valence-electron chi connectivity index (χ3n) is 6.03. The average Bonchev–Trinajstić information content (AvgIpc) is 3.20. The number of ether oxygens (including phenoxy) is 3. The molecule has 9 nitrogen and oxygen atoms in total. The van der Waals surface area contributed by atoms with Gasteiger partial charge in [-0.25, -0.2) is 13.2 Å². The number of esters is 1. The second-order valence-corrected chi connectivity index (χ2v) is 10.5. The van der Waals surface area contributed by atoms with Crippen LogP contribution in [0.15, 0.2) is 51.9 Å². The van der Waals surface area contributed by atoms with Crippen LogP contribution in [0.25, 0.3) is 11.0 Å². The molecule has 0 aliphatic carbocycles. The van der Waals surface area contributed by atoms with E-state index < -0.39 is 15.8 Å². The first-order valence-electron chi connectivity index (χ1n) is 10.9. The molecule has 1 atom stereocenters. The summed E-state index contributed by atoms with van der Waals surface area (Å²) >= 11 is 0. The van der Waals surface area contributed by atoms with Gasteiger partial charge in [0.25, 0.3) is 0 Å². The predicted octanol–water partition coefficient (Wildman–Crippen LogP) is 3.10. The highest BCUT2D eigenvalue weighted by Crippen LogP contribution is 2.34. The van der Waals surface area contributed by atoms with E-state index in [4.69, 9.17) is 18.6 Å². The first kappa shape index (κ1) is 22.4. The van der Waals surface area contributed by atoms with Crippen molar-refractivity contribution >= 4 is 26.8 Å². The summed E-state index contributed by atoms with van der Waals surface area (Å²) in [6, 6.07) is 9.49. The zero-order chi connectivity index (χ0) is 23.9. The van der Waals surface area contributed by atoms with Gasteiger partial charge in [0.1, 0.15) is 30.1 Å². The Morgan fingerprint density at radius 1 is 1.18 bits per heavy atom. The van der Waals surface area contributed by atoms with E-state index in [1.165, 1.54) is 6.26 Å². The molecule has 1 saturated heterocycles. The van der Waals surface area contributed by atoms with E-state index in [0.717, 1.165) is 0 Å². The number of carbonyl (C=O) groups excluding carboxylic acids is 1. The van der Waals surface area contributed by atoms with Crippen molar-refractivity contribution in [3.8, 4) is 17.2 Å². The molecule has 1 fully saturated rings. The molecule has 178 valence electrons. The van der Waals surface area contributed by atoms with Gasteiger partial charge in [-0.2, -0.15) is 0 Å². The third kappa shape index (κ3) is 4.26. The van der Waals surface area contributed by atoms with E-state index in [1.807, 2.05) is 4.90 Å². The van der Waals surface area contributed by atoms with Crippen molar-refractivity contribution in [2.75, 3.05) is 24.8 Å². The lowest BCUT2D eigenvalue weighted by Crippen LogP contribution is -2.41. The van der Waals surface area contributed by atoms with Gasteiger partial charge in [0.15, 0.2) is 9.84 Å². The number of nitrogens with zero attached hydrogens (tertiary/aromatic N) is 1. The van der Waals surface area contributed by atoms with Gasteiger partial charge in [-0.05, 0) is 49.7 Å². The SMILES string of the molecule is CCOC(=O)c1ccc(Oc2coc3c4c(ccc3c2=O)OCN([C@H]2CCS(=O)(=O)C2)C4)cc1. The highest BCUT2D eigenvalue weighted by atomic mass is 32.2. The Morgan fingerprint density at radius 3 is 2.68 bits per heavy atom. The minimum absolute atomic E-state index is 0.00630. The fraction of sp³-hybridized carbons (Fsp3) is 0.333. The highest BCUT2D eigenvalue weighted by molar-refractivity contribution is 7.91. The van der Waals surface area contributed by atoms with Crippen LogP contribution in [0.4, 0.5) is 0 Å². The minimum atomic E-state index is -3.03. The molecule has 2 aliphatic rings. The second kappa shape index (κ2) is 8.77. The lowest BCUT2D eigenvalue weighted by molar-refractivity contribution is 0.0526. The van der Waals surface area contributed by atoms with Crippen molar-refractivity contribution in [2.45, 2.75) is 25.9 Å². The molecule has 0 saturated carbocycles. The third-order valence-corrected chi connectivity index (χ3v) is 7.79. The molecule has 0 bridgehead atoms. The molecule has 34 heavy (non-hydrogen) atoms. The lowest BCUT2D eigenvalue weighted by atomic mass is 10.1. The summed E-state index contributed by atoms with van der Waals surface area (Å²) in [5, 5.41) is 0.337. The van der Waals surface area contributed by atoms with Crippen LogP contribution in [-0.4, -0.2) is 50.2 Å². The normalized spacial score (nSPS) is 19.4. The highest BCUT2D eigenvalue weighted by Gasteiger charge is 2.35. The molecule has 0 radical (unpaired) electrons. The first-order valence-corrected chi connectivity index (χ1v) is 12.8. The molecule has 1 aromatic heterocycles. The zero-order valence-corrected chi connectivity index (χ0v) is 19.3. The van der Waals surface area contributed by atoms with Crippen LogP contribution in [0, 0.1) is 0 Å². The van der Waals surface area contributed by atoms with Crippen LogP contribution in [0.5, 0.6) is 17.2 Å². The van der Waals surface area contributed by atoms with E-state index in [2.05, 4.69) is 0 Å². The molecule has 2 aromatic carbocycles. The summed E-state index contributed by atoms with van der Waals surface area (Å²) in [5.74, 6) is 0.827. The molecule has 2 aliphatic heterocycles. The number of hydrogen-bond acceptors (Lipinski definition) is 9. The van der Waals surface area contributed by atoms with Crippen molar-refractivity contribution in [2.24, 2.45) is 0 Å². The fourth-order valence-corrected chi connectivity index (χ4v) is 6.04. The van der Waals surface area contributed by atoms with Gasteiger partial charge in [-0.3, -0.25) is 9.69 Å².